The fraction of sp³-hybridized carbons (Fsp3) is 0.143. The normalized spacial score (nSPS) is 10.0. The van der Waals surface area contributed by atoms with E-state index in [2.05, 4.69) is 10.3 Å². The van der Waals surface area contributed by atoms with Gasteiger partial charge in [0.25, 0.3) is 5.91 Å². The van der Waals surface area contributed by atoms with Gasteiger partial charge in [-0.3, -0.25) is 4.79 Å². The Morgan fingerprint density at radius 3 is 2.89 bits per heavy atom. The Morgan fingerprint density at radius 2 is 2.21 bits per heavy atom. The summed E-state index contributed by atoms with van der Waals surface area (Å²) in [5.74, 6) is 0.845. The molecule has 0 bridgehead atoms. The van der Waals surface area contributed by atoms with Gasteiger partial charge in [-0.2, -0.15) is 0 Å². The van der Waals surface area contributed by atoms with Crippen LogP contribution >= 0.6 is 11.6 Å². The quantitative estimate of drug-likeness (QED) is 0.934. The first kappa shape index (κ1) is 13.4. The predicted octanol–water partition coefficient (Wildman–Crippen LogP) is 3.06. The minimum absolute atomic E-state index is 0.0617. The molecule has 0 atom stereocenters. The van der Waals surface area contributed by atoms with Crippen LogP contribution < -0.4 is 10.1 Å². The second-order valence-electron chi connectivity index (χ2n) is 4.02. The number of nitrogens with zero attached hydrogens (tertiary/aromatic N) is 1. The van der Waals surface area contributed by atoms with Gasteiger partial charge in [-0.15, -0.1) is 0 Å². The van der Waals surface area contributed by atoms with Crippen molar-refractivity contribution in [1.29, 1.82) is 0 Å². The Kier molecular flexibility index (Phi) is 4.36. The maximum absolute atomic E-state index is 11.6. The van der Waals surface area contributed by atoms with Crippen molar-refractivity contribution < 1.29 is 9.53 Å². The van der Waals surface area contributed by atoms with Gasteiger partial charge in [-0.25, -0.2) is 4.98 Å². The number of anilines is 1. The van der Waals surface area contributed by atoms with Gasteiger partial charge in [-0.1, -0.05) is 23.7 Å². The lowest BCUT2D eigenvalue weighted by Gasteiger charge is -2.07. The molecule has 0 aliphatic heterocycles. The SMILES string of the molecule is Cc1cccc(OCC(=O)Nc2ccc(Cl)cn2)c1. The Labute approximate surface area is 116 Å². The number of aromatic nitrogens is 1. The van der Waals surface area contributed by atoms with Crippen LogP contribution in [0.25, 0.3) is 0 Å². The predicted molar refractivity (Wildman–Crippen MR) is 74.6 cm³/mol. The van der Waals surface area contributed by atoms with Crippen molar-refractivity contribution in [3.05, 3.63) is 53.2 Å². The van der Waals surface area contributed by atoms with Crippen LogP contribution in [0.15, 0.2) is 42.6 Å². The number of rotatable bonds is 4. The molecule has 19 heavy (non-hydrogen) atoms. The topological polar surface area (TPSA) is 51.2 Å². The minimum atomic E-state index is -0.267. The highest BCUT2D eigenvalue weighted by Crippen LogP contribution is 2.12. The third-order valence-corrected chi connectivity index (χ3v) is 2.58. The van der Waals surface area contributed by atoms with Crippen LogP contribution in [0, 0.1) is 6.92 Å². The van der Waals surface area contributed by atoms with Gasteiger partial charge in [-0.05, 0) is 36.8 Å². The Bertz CT molecular complexity index is 570. The van der Waals surface area contributed by atoms with Crippen molar-refractivity contribution in [3.8, 4) is 5.75 Å². The molecule has 1 aromatic heterocycles. The summed E-state index contributed by atoms with van der Waals surface area (Å²) in [4.78, 5) is 15.6. The van der Waals surface area contributed by atoms with E-state index in [4.69, 9.17) is 16.3 Å². The van der Waals surface area contributed by atoms with Gasteiger partial charge in [0.2, 0.25) is 0 Å². The first-order valence-electron chi connectivity index (χ1n) is 5.74. The smallest absolute Gasteiger partial charge is 0.263 e. The molecule has 0 fully saturated rings. The molecule has 1 amide bonds. The molecule has 1 aromatic carbocycles. The lowest BCUT2D eigenvalue weighted by atomic mass is 10.2. The van der Waals surface area contributed by atoms with Gasteiger partial charge in [0.15, 0.2) is 6.61 Å². The fourth-order valence-corrected chi connectivity index (χ4v) is 1.59. The molecule has 0 unspecified atom stereocenters. The molecule has 1 N–H and O–H groups in total. The average molecular weight is 277 g/mol. The largest absolute Gasteiger partial charge is 0.484 e. The number of benzene rings is 1. The number of hydrogen-bond acceptors (Lipinski definition) is 3. The van der Waals surface area contributed by atoms with Crippen molar-refractivity contribution in [2.24, 2.45) is 0 Å². The maximum atomic E-state index is 11.6. The van der Waals surface area contributed by atoms with Crippen LogP contribution in [0.5, 0.6) is 5.75 Å². The minimum Gasteiger partial charge on any atom is -0.484 e. The fourth-order valence-electron chi connectivity index (χ4n) is 1.48. The number of amides is 1. The van der Waals surface area contributed by atoms with Crippen molar-refractivity contribution in [2.45, 2.75) is 6.92 Å². The third kappa shape index (κ3) is 4.26. The van der Waals surface area contributed by atoms with E-state index in [1.165, 1.54) is 6.20 Å². The third-order valence-electron chi connectivity index (χ3n) is 2.35. The zero-order chi connectivity index (χ0) is 13.7. The van der Waals surface area contributed by atoms with Gasteiger partial charge < -0.3 is 10.1 Å². The molecular formula is C14H13ClN2O2. The van der Waals surface area contributed by atoms with Crippen LogP contribution in [0.4, 0.5) is 5.82 Å². The summed E-state index contributed by atoms with van der Waals surface area (Å²) in [6.45, 7) is 1.90. The Morgan fingerprint density at radius 1 is 1.37 bits per heavy atom. The summed E-state index contributed by atoms with van der Waals surface area (Å²) in [7, 11) is 0. The van der Waals surface area contributed by atoms with Crippen LogP contribution in [0.3, 0.4) is 0 Å². The molecule has 2 rings (SSSR count). The second kappa shape index (κ2) is 6.20. The number of pyridine rings is 1. The van der Waals surface area contributed by atoms with E-state index < -0.39 is 0 Å². The molecule has 0 spiro atoms. The van der Waals surface area contributed by atoms with Crippen molar-refractivity contribution >= 4 is 23.3 Å². The number of aryl methyl sites for hydroxylation is 1. The molecule has 4 nitrogen and oxygen atoms in total. The average Bonchev–Trinajstić information content (AvgIpc) is 2.39. The standard InChI is InChI=1S/C14H13ClN2O2/c1-10-3-2-4-12(7-10)19-9-14(18)17-13-6-5-11(15)8-16-13/h2-8H,9H2,1H3,(H,16,17,18). The van der Waals surface area contributed by atoms with Crippen LogP contribution in [-0.2, 0) is 4.79 Å². The van der Waals surface area contributed by atoms with E-state index in [9.17, 15) is 4.79 Å². The first-order chi connectivity index (χ1) is 9.13. The zero-order valence-electron chi connectivity index (χ0n) is 10.4. The molecule has 0 aliphatic rings. The highest BCUT2D eigenvalue weighted by atomic mass is 35.5. The summed E-state index contributed by atoms with van der Waals surface area (Å²) < 4.78 is 5.38. The number of carbonyl (C=O) groups is 1. The van der Waals surface area contributed by atoms with Gasteiger partial charge >= 0.3 is 0 Å². The number of hydrogen-bond donors (Lipinski definition) is 1. The number of nitrogens with one attached hydrogen (secondary N) is 1. The molecule has 5 heteroatoms. The molecule has 1 heterocycles. The van der Waals surface area contributed by atoms with E-state index >= 15 is 0 Å². The van der Waals surface area contributed by atoms with Crippen molar-refractivity contribution in [2.75, 3.05) is 11.9 Å². The van der Waals surface area contributed by atoms with Crippen molar-refractivity contribution in [1.82, 2.24) is 4.98 Å². The maximum Gasteiger partial charge on any atom is 0.263 e. The number of carbonyl (C=O) groups excluding carboxylic acids is 1. The first-order valence-corrected chi connectivity index (χ1v) is 6.12. The summed E-state index contributed by atoms with van der Waals surface area (Å²) in [5.41, 5.74) is 1.08. The number of halogens is 1. The summed E-state index contributed by atoms with van der Waals surface area (Å²) in [6.07, 6.45) is 1.47. The van der Waals surface area contributed by atoms with E-state index in [1.54, 1.807) is 18.2 Å². The van der Waals surface area contributed by atoms with E-state index in [0.29, 0.717) is 16.6 Å². The molecule has 0 saturated heterocycles. The van der Waals surface area contributed by atoms with Crippen molar-refractivity contribution in [3.63, 3.8) is 0 Å². The van der Waals surface area contributed by atoms with Gasteiger partial charge in [0.05, 0.1) is 5.02 Å². The highest BCUT2D eigenvalue weighted by Gasteiger charge is 2.04. The molecule has 2 aromatic rings. The van der Waals surface area contributed by atoms with Crippen LogP contribution in [-0.4, -0.2) is 17.5 Å². The zero-order valence-corrected chi connectivity index (χ0v) is 11.1. The molecule has 0 aliphatic carbocycles. The molecule has 0 radical (unpaired) electrons. The van der Waals surface area contributed by atoms with E-state index in [-0.39, 0.29) is 12.5 Å². The summed E-state index contributed by atoms with van der Waals surface area (Å²) in [6, 6.07) is 10.8. The van der Waals surface area contributed by atoms with Gasteiger partial charge in [0, 0.05) is 6.20 Å². The van der Waals surface area contributed by atoms with E-state index in [1.807, 2.05) is 25.1 Å². The number of ether oxygens (including phenoxy) is 1. The molecule has 0 saturated carbocycles. The Hall–Kier alpha value is -2.07. The monoisotopic (exact) mass is 276 g/mol. The lowest BCUT2D eigenvalue weighted by Crippen LogP contribution is -2.20. The van der Waals surface area contributed by atoms with E-state index in [0.717, 1.165) is 5.56 Å². The Balaban J connectivity index is 1.86. The van der Waals surface area contributed by atoms with Gasteiger partial charge in [0.1, 0.15) is 11.6 Å². The molecule has 98 valence electrons. The molecular weight excluding hydrogens is 264 g/mol. The summed E-state index contributed by atoms with van der Waals surface area (Å²) >= 11 is 5.70. The second-order valence-corrected chi connectivity index (χ2v) is 4.45. The van der Waals surface area contributed by atoms with Crippen LogP contribution in [0.1, 0.15) is 5.56 Å². The lowest BCUT2D eigenvalue weighted by molar-refractivity contribution is -0.118. The highest BCUT2D eigenvalue weighted by molar-refractivity contribution is 6.30. The summed E-state index contributed by atoms with van der Waals surface area (Å²) in [5, 5.41) is 3.14. The van der Waals surface area contributed by atoms with Crippen LogP contribution in [0.2, 0.25) is 5.02 Å².